The van der Waals surface area contributed by atoms with E-state index in [1.54, 1.807) is 0 Å². The van der Waals surface area contributed by atoms with E-state index in [9.17, 15) is 0 Å². The third-order valence-electron chi connectivity index (χ3n) is 4.39. The van der Waals surface area contributed by atoms with Gasteiger partial charge < -0.3 is 5.32 Å². The van der Waals surface area contributed by atoms with Crippen LogP contribution in [0.4, 0.5) is 0 Å². The minimum Gasteiger partial charge on any atom is -0.313 e. The topological polar surface area (TPSA) is 12.0 Å². The average molecular weight is 251 g/mol. The molecule has 0 aromatic heterocycles. The molecule has 0 saturated carbocycles. The lowest BCUT2D eigenvalue weighted by Crippen LogP contribution is -2.29. The molecule has 2 aromatic rings. The number of rotatable bonds is 2. The predicted molar refractivity (Wildman–Crippen MR) is 80.3 cm³/mol. The van der Waals surface area contributed by atoms with Gasteiger partial charge in [-0.15, -0.1) is 0 Å². The Morgan fingerprint density at radius 1 is 0.895 bits per heavy atom. The van der Waals surface area contributed by atoms with E-state index in [0.717, 1.165) is 0 Å². The van der Waals surface area contributed by atoms with Crippen LogP contribution in [0.2, 0.25) is 0 Å². The molecule has 1 aliphatic rings. The maximum atomic E-state index is 3.46. The van der Waals surface area contributed by atoms with Gasteiger partial charge in [0.1, 0.15) is 0 Å². The van der Waals surface area contributed by atoms with Crippen molar-refractivity contribution in [2.75, 3.05) is 7.05 Å². The summed E-state index contributed by atoms with van der Waals surface area (Å²) in [6.07, 6.45) is 1.20. The largest absolute Gasteiger partial charge is 0.313 e. The van der Waals surface area contributed by atoms with Gasteiger partial charge in [-0.3, -0.25) is 0 Å². The Morgan fingerprint density at radius 2 is 1.53 bits per heavy atom. The molecule has 3 unspecified atom stereocenters. The summed E-state index contributed by atoms with van der Waals surface area (Å²) in [5, 5.41) is 3.46. The van der Waals surface area contributed by atoms with E-state index in [1.807, 2.05) is 0 Å². The Kier molecular flexibility index (Phi) is 3.39. The molecule has 1 N–H and O–H groups in total. The summed E-state index contributed by atoms with van der Waals surface area (Å²) in [7, 11) is 2.07. The summed E-state index contributed by atoms with van der Waals surface area (Å²) in [5.74, 6) is 1.19. The van der Waals surface area contributed by atoms with Gasteiger partial charge in [-0.1, -0.05) is 61.5 Å². The first kappa shape index (κ1) is 12.4. The third kappa shape index (κ3) is 2.19. The minimum absolute atomic E-state index is 0.492. The second-order valence-corrected chi connectivity index (χ2v) is 5.57. The molecule has 0 radical (unpaired) electrons. The second-order valence-electron chi connectivity index (χ2n) is 5.57. The number of hydrogen-bond donors (Lipinski definition) is 1. The number of benzene rings is 2. The summed E-state index contributed by atoms with van der Waals surface area (Å²) >= 11 is 0. The molecule has 3 rings (SSSR count). The van der Waals surface area contributed by atoms with Crippen LogP contribution in [0.5, 0.6) is 0 Å². The normalized spacial score (nSPS) is 25.9. The molecule has 0 heterocycles. The maximum absolute atomic E-state index is 3.46. The van der Waals surface area contributed by atoms with Crippen LogP contribution in [0.15, 0.2) is 54.6 Å². The number of nitrogens with one attached hydrogen (secondary N) is 1. The Bertz CT molecular complexity index is 547. The van der Waals surface area contributed by atoms with Crippen molar-refractivity contribution in [2.45, 2.75) is 25.3 Å². The highest BCUT2D eigenvalue weighted by atomic mass is 14.9. The highest BCUT2D eigenvalue weighted by Gasteiger charge is 2.32. The smallest absolute Gasteiger partial charge is 0.0323 e. The molecule has 3 atom stereocenters. The molecule has 1 aliphatic carbocycles. The lowest BCUT2D eigenvalue weighted by atomic mass is 9.71. The zero-order valence-corrected chi connectivity index (χ0v) is 11.6. The fraction of sp³-hybridized carbons (Fsp3) is 0.333. The van der Waals surface area contributed by atoms with Gasteiger partial charge in [-0.25, -0.2) is 0 Å². The molecule has 2 aromatic carbocycles. The van der Waals surface area contributed by atoms with E-state index < -0.39 is 0 Å². The van der Waals surface area contributed by atoms with Gasteiger partial charge >= 0.3 is 0 Å². The number of hydrogen-bond acceptors (Lipinski definition) is 1. The second kappa shape index (κ2) is 5.18. The van der Waals surface area contributed by atoms with Crippen molar-refractivity contribution in [1.82, 2.24) is 5.32 Å². The van der Waals surface area contributed by atoms with Crippen LogP contribution in [0.25, 0.3) is 0 Å². The van der Waals surface area contributed by atoms with Gasteiger partial charge in [0, 0.05) is 12.0 Å². The number of fused-ring (bicyclic) bond motifs is 1. The van der Waals surface area contributed by atoms with Crippen LogP contribution in [-0.2, 0) is 0 Å². The monoisotopic (exact) mass is 251 g/mol. The third-order valence-corrected chi connectivity index (χ3v) is 4.39. The Balaban J connectivity index is 2.10. The molecule has 0 saturated heterocycles. The van der Waals surface area contributed by atoms with Crippen molar-refractivity contribution < 1.29 is 0 Å². The fourth-order valence-corrected chi connectivity index (χ4v) is 3.49. The van der Waals surface area contributed by atoms with E-state index in [0.29, 0.717) is 17.9 Å². The molecule has 0 amide bonds. The summed E-state index contributed by atoms with van der Waals surface area (Å²) in [6, 6.07) is 20.3. The average Bonchev–Trinajstić information content (AvgIpc) is 2.47. The first-order valence-corrected chi connectivity index (χ1v) is 7.12. The van der Waals surface area contributed by atoms with Gasteiger partial charge in [0.2, 0.25) is 0 Å². The van der Waals surface area contributed by atoms with Crippen LogP contribution in [-0.4, -0.2) is 7.05 Å². The quantitative estimate of drug-likeness (QED) is 0.846. The van der Waals surface area contributed by atoms with Gasteiger partial charge in [-0.05, 0) is 36.1 Å². The fourth-order valence-electron chi connectivity index (χ4n) is 3.49. The molecule has 98 valence electrons. The Hall–Kier alpha value is -1.60. The molecule has 19 heavy (non-hydrogen) atoms. The van der Waals surface area contributed by atoms with Crippen LogP contribution in [0.1, 0.15) is 42.0 Å². The molecule has 0 bridgehead atoms. The minimum atomic E-state index is 0.492. The maximum Gasteiger partial charge on any atom is 0.0323 e. The lowest BCUT2D eigenvalue weighted by molar-refractivity contribution is 0.366. The molecular weight excluding hydrogens is 230 g/mol. The van der Waals surface area contributed by atoms with Gasteiger partial charge in [0.05, 0.1) is 0 Å². The van der Waals surface area contributed by atoms with E-state index in [-0.39, 0.29) is 0 Å². The van der Waals surface area contributed by atoms with Crippen molar-refractivity contribution in [2.24, 2.45) is 5.92 Å². The van der Waals surface area contributed by atoms with Crippen LogP contribution < -0.4 is 5.32 Å². The Morgan fingerprint density at radius 3 is 2.21 bits per heavy atom. The van der Waals surface area contributed by atoms with Crippen molar-refractivity contribution in [1.29, 1.82) is 0 Å². The highest BCUT2D eigenvalue weighted by molar-refractivity contribution is 5.42. The molecule has 1 nitrogen and oxygen atoms in total. The van der Waals surface area contributed by atoms with Gasteiger partial charge in [0.15, 0.2) is 0 Å². The van der Waals surface area contributed by atoms with Gasteiger partial charge in [-0.2, -0.15) is 0 Å². The zero-order chi connectivity index (χ0) is 13.2. The predicted octanol–water partition coefficient (Wildman–Crippen LogP) is 4.12. The van der Waals surface area contributed by atoms with E-state index >= 15 is 0 Å². The highest BCUT2D eigenvalue weighted by Crippen LogP contribution is 2.44. The van der Waals surface area contributed by atoms with E-state index in [4.69, 9.17) is 0 Å². The van der Waals surface area contributed by atoms with Crippen molar-refractivity contribution in [3.05, 3.63) is 71.3 Å². The molecule has 0 fully saturated rings. The van der Waals surface area contributed by atoms with E-state index in [2.05, 4.69) is 73.9 Å². The first-order valence-electron chi connectivity index (χ1n) is 7.12. The first-order chi connectivity index (χ1) is 9.31. The van der Waals surface area contributed by atoms with Crippen LogP contribution in [0, 0.1) is 5.92 Å². The van der Waals surface area contributed by atoms with Crippen molar-refractivity contribution >= 4 is 0 Å². The summed E-state index contributed by atoms with van der Waals surface area (Å²) < 4.78 is 0. The lowest BCUT2D eigenvalue weighted by Gasteiger charge is -2.36. The Labute approximate surface area is 115 Å². The molecule has 0 aliphatic heterocycles. The molecule has 1 heteroatoms. The van der Waals surface area contributed by atoms with E-state index in [1.165, 1.54) is 23.1 Å². The summed E-state index contributed by atoms with van der Waals surface area (Å²) in [4.78, 5) is 0. The molecule has 0 spiro atoms. The zero-order valence-electron chi connectivity index (χ0n) is 11.6. The summed E-state index contributed by atoms with van der Waals surface area (Å²) in [6.45, 7) is 2.37. The van der Waals surface area contributed by atoms with Crippen molar-refractivity contribution in [3.63, 3.8) is 0 Å². The summed E-state index contributed by atoms with van der Waals surface area (Å²) in [5.41, 5.74) is 4.40. The van der Waals surface area contributed by atoms with Gasteiger partial charge in [0.25, 0.3) is 0 Å². The molecular formula is C18H21N. The van der Waals surface area contributed by atoms with Crippen LogP contribution in [0.3, 0.4) is 0 Å². The van der Waals surface area contributed by atoms with Crippen molar-refractivity contribution in [3.8, 4) is 0 Å². The standard InChI is InChI=1S/C18H21N/c1-13-12-17(19-2)15-10-6-7-11-16(15)18(13)14-8-4-3-5-9-14/h3-11,13,17-19H,12H2,1-2H3. The SMILES string of the molecule is CNC1CC(C)C(c2ccccc2)c2ccccc21. The van der Waals surface area contributed by atoms with Crippen LogP contribution >= 0.6 is 0 Å².